The number of amides is 1. The van der Waals surface area contributed by atoms with Gasteiger partial charge in [0.25, 0.3) is 11.6 Å². The van der Waals surface area contributed by atoms with Crippen LogP contribution < -0.4 is 5.32 Å². The monoisotopic (exact) mass is 296 g/mol. The highest BCUT2D eigenvalue weighted by Crippen LogP contribution is 2.29. The molecule has 0 radical (unpaired) electrons. The summed E-state index contributed by atoms with van der Waals surface area (Å²) in [4.78, 5) is 22.7. The van der Waals surface area contributed by atoms with Gasteiger partial charge in [-0.3, -0.25) is 14.9 Å². The predicted molar refractivity (Wildman–Crippen MR) is 82.7 cm³/mol. The van der Waals surface area contributed by atoms with E-state index in [2.05, 4.69) is 11.4 Å². The lowest BCUT2D eigenvalue weighted by Crippen LogP contribution is -2.30. The Morgan fingerprint density at radius 3 is 2.82 bits per heavy atom. The molecule has 2 aromatic carbocycles. The lowest BCUT2D eigenvalue weighted by Gasteiger charge is -2.26. The first-order valence-electron chi connectivity index (χ1n) is 7.28. The first kappa shape index (κ1) is 14.3. The van der Waals surface area contributed by atoms with Gasteiger partial charge in [-0.05, 0) is 36.5 Å². The molecule has 112 valence electrons. The first-order chi connectivity index (χ1) is 10.6. The number of carbonyl (C=O) groups excluding carboxylic acids is 1. The number of rotatable bonds is 3. The van der Waals surface area contributed by atoms with E-state index in [1.54, 1.807) is 6.07 Å². The Balaban J connectivity index is 1.81. The fraction of sp³-hybridized carbons (Fsp3) is 0.235. The van der Waals surface area contributed by atoms with Gasteiger partial charge in [0.1, 0.15) is 0 Å². The Morgan fingerprint density at radius 2 is 2.00 bits per heavy atom. The molecule has 1 atom stereocenters. The van der Waals surface area contributed by atoms with Gasteiger partial charge in [0.05, 0.1) is 11.0 Å². The number of nitrogens with zero attached hydrogens (tertiary/aromatic N) is 1. The van der Waals surface area contributed by atoms with Crippen molar-refractivity contribution in [2.45, 2.75) is 25.3 Å². The molecule has 1 amide bonds. The van der Waals surface area contributed by atoms with Gasteiger partial charge in [-0.1, -0.05) is 30.3 Å². The Morgan fingerprint density at radius 1 is 1.18 bits per heavy atom. The van der Waals surface area contributed by atoms with Crippen molar-refractivity contribution < 1.29 is 9.72 Å². The van der Waals surface area contributed by atoms with Crippen LogP contribution in [-0.4, -0.2) is 10.8 Å². The summed E-state index contributed by atoms with van der Waals surface area (Å²) in [5.74, 6) is -0.273. The van der Waals surface area contributed by atoms with Gasteiger partial charge in [-0.2, -0.15) is 0 Å². The van der Waals surface area contributed by atoms with Gasteiger partial charge in [-0.15, -0.1) is 0 Å². The smallest absolute Gasteiger partial charge is 0.270 e. The average Bonchev–Trinajstić information content (AvgIpc) is 2.55. The van der Waals surface area contributed by atoms with E-state index in [9.17, 15) is 14.9 Å². The molecule has 0 unspecified atom stereocenters. The van der Waals surface area contributed by atoms with Gasteiger partial charge in [0.2, 0.25) is 0 Å². The van der Waals surface area contributed by atoms with Gasteiger partial charge < -0.3 is 5.32 Å². The van der Waals surface area contributed by atoms with Crippen LogP contribution >= 0.6 is 0 Å². The lowest BCUT2D eigenvalue weighted by atomic mass is 9.87. The molecule has 0 saturated heterocycles. The fourth-order valence-corrected chi connectivity index (χ4v) is 2.91. The number of fused-ring (bicyclic) bond motifs is 1. The van der Waals surface area contributed by atoms with E-state index in [0.29, 0.717) is 5.56 Å². The third-order valence-corrected chi connectivity index (χ3v) is 3.99. The number of non-ortho nitro benzene ring substituents is 1. The minimum absolute atomic E-state index is 0.0308. The van der Waals surface area contributed by atoms with Crippen LogP contribution in [0, 0.1) is 10.1 Å². The molecule has 0 aliphatic heterocycles. The van der Waals surface area contributed by atoms with E-state index in [-0.39, 0.29) is 17.6 Å². The third kappa shape index (κ3) is 2.83. The van der Waals surface area contributed by atoms with Crippen molar-refractivity contribution >= 4 is 11.6 Å². The predicted octanol–water partition coefficient (Wildman–Crippen LogP) is 3.40. The number of nitro groups is 1. The van der Waals surface area contributed by atoms with Crippen LogP contribution in [0.5, 0.6) is 0 Å². The minimum atomic E-state index is -0.493. The first-order valence-corrected chi connectivity index (χ1v) is 7.28. The second-order valence-corrected chi connectivity index (χ2v) is 5.42. The van der Waals surface area contributed by atoms with Crippen molar-refractivity contribution in [3.05, 3.63) is 75.3 Å². The van der Waals surface area contributed by atoms with Crippen LogP contribution in [0.1, 0.15) is 40.4 Å². The van der Waals surface area contributed by atoms with Gasteiger partial charge in [-0.25, -0.2) is 0 Å². The maximum Gasteiger partial charge on any atom is 0.270 e. The zero-order valence-electron chi connectivity index (χ0n) is 12.0. The van der Waals surface area contributed by atoms with Crippen molar-refractivity contribution in [1.82, 2.24) is 5.32 Å². The SMILES string of the molecule is O=C(N[C@@H]1CCCc2ccccc21)c1cccc([N+](=O)[O-])c1. The zero-order valence-corrected chi connectivity index (χ0v) is 12.0. The summed E-state index contributed by atoms with van der Waals surface area (Å²) in [7, 11) is 0. The largest absolute Gasteiger partial charge is 0.345 e. The van der Waals surface area contributed by atoms with E-state index in [4.69, 9.17) is 0 Å². The molecular formula is C17H16N2O3. The molecule has 1 aliphatic rings. The highest BCUT2D eigenvalue weighted by Gasteiger charge is 2.22. The Kier molecular flexibility index (Phi) is 3.87. The maximum absolute atomic E-state index is 12.4. The summed E-state index contributed by atoms with van der Waals surface area (Å²) in [6.45, 7) is 0. The minimum Gasteiger partial charge on any atom is -0.345 e. The van der Waals surface area contributed by atoms with E-state index < -0.39 is 4.92 Å². The molecule has 3 rings (SSSR count). The van der Waals surface area contributed by atoms with Crippen LogP contribution in [0.3, 0.4) is 0 Å². The molecule has 22 heavy (non-hydrogen) atoms. The van der Waals surface area contributed by atoms with Crippen molar-refractivity contribution in [2.75, 3.05) is 0 Å². The summed E-state index contributed by atoms with van der Waals surface area (Å²) in [6.07, 6.45) is 2.94. The van der Waals surface area contributed by atoms with Crippen LogP contribution in [0.15, 0.2) is 48.5 Å². The quantitative estimate of drug-likeness (QED) is 0.697. The van der Waals surface area contributed by atoms with Crippen LogP contribution in [-0.2, 0) is 6.42 Å². The van der Waals surface area contributed by atoms with E-state index >= 15 is 0 Å². The zero-order chi connectivity index (χ0) is 15.5. The summed E-state index contributed by atoms with van der Waals surface area (Å²) in [5, 5.41) is 13.8. The lowest BCUT2D eigenvalue weighted by molar-refractivity contribution is -0.384. The molecule has 0 bridgehead atoms. The summed E-state index contributed by atoms with van der Waals surface area (Å²) < 4.78 is 0. The summed E-state index contributed by atoms with van der Waals surface area (Å²) >= 11 is 0. The van der Waals surface area contributed by atoms with Gasteiger partial charge >= 0.3 is 0 Å². The Bertz CT molecular complexity index is 727. The second-order valence-electron chi connectivity index (χ2n) is 5.42. The number of nitrogens with one attached hydrogen (secondary N) is 1. The van der Waals surface area contributed by atoms with Crippen molar-refractivity contribution in [3.8, 4) is 0 Å². The Labute approximate surface area is 128 Å². The Hall–Kier alpha value is -2.69. The molecule has 1 aliphatic carbocycles. The molecule has 0 saturated carbocycles. The van der Waals surface area contributed by atoms with Crippen LogP contribution in [0.2, 0.25) is 0 Å². The molecule has 2 aromatic rings. The molecule has 0 fully saturated rings. The molecule has 0 heterocycles. The molecule has 5 nitrogen and oxygen atoms in total. The van der Waals surface area contributed by atoms with E-state index in [1.165, 1.54) is 23.8 Å². The molecule has 0 spiro atoms. The van der Waals surface area contributed by atoms with Crippen LogP contribution in [0.4, 0.5) is 5.69 Å². The second kappa shape index (κ2) is 5.97. The normalized spacial score (nSPS) is 16.6. The van der Waals surface area contributed by atoms with Gasteiger partial charge in [0.15, 0.2) is 0 Å². The number of benzene rings is 2. The molecule has 0 aromatic heterocycles. The average molecular weight is 296 g/mol. The standard InChI is InChI=1S/C17H16N2O3/c20-17(13-7-3-8-14(11-13)19(21)22)18-16-10-4-6-12-5-1-2-9-15(12)16/h1-3,5,7-9,11,16H,4,6,10H2,(H,18,20)/t16-/m1/s1. The number of hydrogen-bond donors (Lipinski definition) is 1. The van der Waals surface area contributed by atoms with Crippen LogP contribution in [0.25, 0.3) is 0 Å². The highest BCUT2D eigenvalue weighted by molar-refractivity contribution is 5.95. The number of nitro benzene ring substituents is 1. The number of aryl methyl sites for hydroxylation is 1. The van der Waals surface area contributed by atoms with Crippen molar-refractivity contribution in [1.29, 1.82) is 0 Å². The molecule has 1 N–H and O–H groups in total. The fourth-order valence-electron chi connectivity index (χ4n) is 2.91. The highest BCUT2D eigenvalue weighted by atomic mass is 16.6. The summed E-state index contributed by atoms with van der Waals surface area (Å²) in [5.41, 5.74) is 2.65. The maximum atomic E-state index is 12.4. The molecular weight excluding hydrogens is 280 g/mol. The third-order valence-electron chi connectivity index (χ3n) is 3.99. The summed E-state index contributed by atoms with van der Waals surface area (Å²) in [6, 6.07) is 13.9. The topological polar surface area (TPSA) is 72.2 Å². The molecule has 5 heteroatoms. The van der Waals surface area contributed by atoms with Gasteiger partial charge in [0, 0.05) is 17.7 Å². The van der Waals surface area contributed by atoms with Crippen molar-refractivity contribution in [3.63, 3.8) is 0 Å². The van der Waals surface area contributed by atoms with Crippen molar-refractivity contribution in [2.24, 2.45) is 0 Å². The van der Waals surface area contributed by atoms with E-state index in [0.717, 1.165) is 24.8 Å². The number of carbonyl (C=O) groups is 1. The van der Waals surface area contributed by atoms with E-state index in [1.807, 2.05) is 18.2 Å². The number of hydrogen-bond acceptors (Lipinski definition) is 3.